The van der Waals surface area contributed by atoms with E-state index >= 15 is 0 Å². The van der Waals surface area contributed by atoms with Crippen LogP contribution in [0.25, 0.3) is 0 Å². The first-order valence-corrected chi connectivity index (χ1v) is 5.67. The summed E-state index contributed by atoms with van der Waals surface area (Å²) >= 11 is 0. The molecule has 2 atom stereocenters. The van der Waals surface area contributed by atoms with Crippen molar-refractivity contribution in [3.63, 3.8) is 0 Å². The number of hydrogen-bond donors (Lipinski definition) is 2. The van der Waals surface area contributed by atoms with Crippen molar-refractivity contribution in [2.75, 3.05) is 6.54 Å². The molecule has 1 aliphatic heterocycles. The summed E-state index contributed by atoms with van der Waals surface area (Å²) in [5.41, 5.74) is 5.96. The predicted molar refractivity (Wildman–Crippen MR) is 56.9 cm³/mol. The Morgan fingerprint density at radius 2 is 2.00 bits per heavy atom. The highest BCUT2D eigenvalue weighted by atomic mass is 16.5. The highest BCUT2D eigenvalue weighted by Gasteiger charge is 2.23. The predicted octanol–water partition coefficient (Wildman–Crippen LogP) is 1.15. The molecule has 3 N–H and O–H groups in total. The largest absolute Gasteiger partial charge is 0.389 e. The van der Waals surface area contributed by atoms with Crippen molar-refractivity contribution in [3.05, 3.63) is 12.3 Å². The topological polar surface area (TPSA) is 47.3 Å². The van der Waals surface area contributed by atoms with Crippen LogP contribution in [0.3, 0.4) is 0 Å². The third-order valence-corrected chi connectivity index (χ3v) is 3.08. The highest BCUT2D eigenvalue weighted by molar-refractivity contribution is 5.00. The van der Waals surface area contributed by atoms with Crippen LogP contribution in [0.4, 0.5) is 0 Å². The monoisotopic (exact) mass is 196 g/mol. The fourth-order valence-corrected chi connectivity index (χ4v) is 2.20. The van der Waals surface area contributed by atoms with E-state index in [2.05, 4.69) is 5.32 Å². The summed E-state index contributed by atoms with van der Waals surface area (Å²) in [5, 5.41) is 3.12. The van der Waals surface area contributed by atoms with E-state index in [0.717, 1.165) is 6.54 Å². The molecule has 1 heterocycles. The van der Waals surface area contributed by atoms with Gasteiger partial charge in [-0.3, -0.25) is 0 Å². The van der Waals surface area contributed by atoms with Gasteiger partial charge in [-0.15, -0.1) is 0 Å². The minimum Gasteiger partial charge on any atom is -0.389 e. The van der Waals surface area contributed by atoms with Crippen LogP contribution >= 0.6 is 0 Å². The lowest BCUT2D eigenvalue weighted by atomic mass is 9.97. The van der Waals surface area contributed by atoms with Crippen molar-refractivity contribution in [3.8, 4) is 0 Å². The summed E-state index contributed by atoms with van der Waals surface area (Å²) in [4.78, 5) is 0. The second-order valence-corrected chi connectivity index (χ2v) is 4.29. The van der Waals surface area contributed by atoms with Crippen LogP contribution in [0.15, 0.2) is 12.3 Å². The Bertz CT molecular complexity index is 199. The molecule has 2 aliphatic rings. The molecule has 2 unspecified atom stereocenters. The molecular formula is C11H20N2O. The third-order valence-electron chi connectivity index (χ3n) is 3.08. The smallest absolute Gasteiger partial charge is 0.0944 e. The van der Waals surface area contributed by atoms with Gasteiger partial charge in [0.2, 0.25) is 0 Å². The van der Waals surface area contributed by atoms with E-state index in [4.69, 9.17) is 10.5 Å². The maximum absolute atomic E-state index is 5.99. The second-order valence-electron chi connectivity index (χ2n) is 4.29. The number of ether oxygens (including phenoxy) is 1. The molecule has 1 fully saturated rings. The molecule has 0 bridgehead atoms. The molecule has 0 aromatic rings. The molecule has 0 saturated heterocycles. The molecule has 0 aromatic heterocycles. The summed E-state index contributed by atoms with van der Waals surface area (Å²) in [6.45, 7) is 0.827. The van der Waals surface area contributed by atoms with Gasteiger partial charge >= 0.3 is 0 Å². The standard InChI is InChI=1S/C11H20N2O/c12-10-8-13-7-6-11(10)14-9-4-2-1-3-5-9/h6-7,9-11,13H,1-5,8,12H2. The first-order chi connectivity index (χ1) is 6.86. The molecule has 2 rings (SSSR count). The molecule has 0 aromatic carbocycles. The van der Waals surface area contributed by atoms with Gasteiger partial charge < -0.3 is 15.8 Å². The minimum atomic E-state index is 0.113. The Morgan fingerprint density at radius 3 is 2.71 bits per heavy atom. The Balaban J connectivity index is 1.82. The molecular weight excluding hydrogens is 176 g/mol. The van der Waals surface area contributed by atoms with Crippen molar-refractivity contribution in [1.82, 2.24) is 5.32 Å². The Kier molecular flexibility index (Phi) is 3.43. The van der Waals surface area contributed by atoms with E-state index in [9.17, 15) is 0 Å². The Labute approximate surface area is 85.7 Å². The maximum atomic E-state index is 5.99. The van der Waals surface area contributed by atoms with Crippen LogP contribution in [0.5, 0.6) is 0 Å². The highest BCUT2D eigenvalue weighted by Crippen LogP contribution is 2.22. The quantitative estimate of drug-likeness (QED) is 0.696. The van der Waals surface area contributed by atoms with E-state index in [1.54, 1.807) is 0 Å². The Hall–Kier alpha value is -0.540. The fraction of sp³-hybridized carbons (Fsp3) is 0.818. The SMILES string of the molecule is NC1CNC=CC1OC1CCCCC1. The number of nitrogens with one attached hydrogen (secondary N) is 1. The van der Waals surface area contributed by atoms with E-state index in [-0.39, 0.29) is 12.1 Å². The zero-order valence-electron chi connectivity index (χ0n) is 8.61. The van der Waals surface area contributed by atoms with Gasteiger partial charge in [0.15, 0.2) is 0 Å². The zero-order valence-corrected chi connectivity index (χ0v) is 8.61. The number of hydrogen-bond acceptors (Lipinski definition) is 3. The molecule has 80 valence electrons. The lowest BCUT2D eigenvalue weighted by Gasteiger charge is -2.31. The molecule has 0 spiro atoms. The van der Waals surface area contributed by atoms with Gasteiger partial charge in [0.05, 0.1) is 18.2 Å². The van der Waals surface area contributed by atoms with Crippen molar-refractivity contribution in [2.24, 2.45) is 5.73 Å². The third kappa shape index (κ3) is 2.49. The lowest BCUT2D eigenvalue weighted by Crippen LogP contribution is -2.46. The van der Waals surface area contributed by atoms with Gasteiger partial charge in [0, 0.05) is 6.54 Å². The van der Waals surface area contributed by atoms with Crippen molar-refractivity contribution >= 4 is 0 Å². The minimum absolute atomic E-state index is 0.113. The lowest BCUT2D eigenvalue weighted by molar-refractivity contribution is -0.0194. The van der Waals surface area contributed by atoms with Gasteiger partial charge in [-0.2, -0.15) is 0 Å². The summed E-state index contributed by atoms with van der Waals surface area (Å²) in [5.74, 6) is 0. The van der Waals surface area contributed by atoms with Crippen molar-refractivity contribution in [2.45, 2.75) is 50.4 Å². The number of nitrogens with two attached hydrogens (primary N) is 1. The fourth-order valence-electron chi connectivity index (χ4n) is 2.20. The molecule has 0 radical (unpaired) electrons. The van der Waals surface area contributed by atoms with E-state index in [1.807, 2.05) is 12.3 Å². The molecule has 3 nitrogen and oxygen atoms in total. The van der Waals surface area contributed by atoms with Crippen LogP contribution in [-0.2, 0) is 4.74 Å². The van der Waals surface area contributed by atoms with Crippen LogP contribution < -0.4 is 11.1 Å². The van der Waals surface area contributed by atoms with Crippen molar-refractivity contribution < 1.29 is 4.74 Å². The van der Waals surface area contributed by atoms with Gasteiger partial charge in [-0.1, -0.05) is 19.3 Å². The van der Waals surface area contributed by atoms with Crippen LogP contribution in [-0.4, -0.2) is 24.8 Å². The first-order valence-electron chi connectivity index (χ1n) is 5.67. The average molecular weight is 196 g/mol. The van der Waals surface area contributed by atoms with Crippen LogP contribution in [0, 0.1) is 0 Å². The summed E-state index contributed by atoms with van der Waals surface area (Å²) in [7, 11) is 0. The van der Waals surface area contributed by atoms with E-state index < -0.39 is 0 Å². The second kappa shape index (κ2) is 4.80. The van der Waals surface area contributed by atoms with Gasteiger partial charge in [0.1, 0.15) is 0 Å². The van der Waals surface area contributed by atoms with E-state index in [1.165, 1.54) is 32.1 Å². The Morgan fingerprint density at radius 1 is 1.21 bits per heavy atom. The molecule has 14 heavy (non-hydrogen) atoms. The van der Waals surface area contributed by atoms with Crippen LogP contribution in [0.1, 0.15) is 32.1 Å². The summed E-state index contributed by atoms with van der Waals surface area (Å²) in [6, 6.07) is 0.113. The maximum Gasteiger partial charge on any atom is 0.0944 e. The molecule has 0 amide bonds. The summed E-state index contributed by atoms with van der Waals surface area (Å²) in [6.07, 6.45) is 11.0. The van der Waals surface area contributed by atoms with Gasteiger partial charge in [0.25, 0.3) is 0 Å². The van der Waals surface area contributed by atoms with Crippen molar-refractivity contribution in [1.29, 1.82) is 0 Å². The molecule has 1 saturated carbocycles. The number of rotatable bonds is 2. The summed E-state index contributed by atoms with van der Waals surface area (Å²) < 4.78 is 5.99. The average Bonchev–Trinajstić information content (AvgIpc) is 2.23. The normalized spacial score (nSPS) is 34.1. The molecule has 3 heteroatoms. The molecule has 1 aliphatic carbocycles. The van der Waals surface area contributed by atoms with Gasteiger partial charge in [-0.25, -0.2) is 0 Å². The zero-order chi connectivity index (χ0) is 9.80. The van der Waals surface area contributed by atoms with E-state index in [0.29, 0.717) is 6.10 Å². The van der Waals surface area contributed by atoms with Gasteiger partial charge in [-0.05, 0) is 25.1 Å². The van der Waals surface area contributed by atoms with Crippen LogP contribution in [0.2, 0.25) is 0 Å². The first kappa shape index (κ1) is 9.99.